The molecular weight excluding hydrogens is 426 g/mol. The minimum absolute atomic E-state index is 0.00143. The number of hydrogen-bond donors (Lipinski definition) is 1. The molecule has 9 heteroatoms. The predicted octanol–water partition coefficient (Wildman–Crippen LogP) is 4.00. The molecule has 0 aliphatic heterocycles. The smallest absolute Gasteiger partial charge is 0.244 e. The Morgan fingerprint density at radius 3 is 2.75 bits per heavy atom. The number of anilines is 1. The van der Waals surface area contributed by atoms with Crippen molar-refractivity contribution in [2.24, 2.45) is 0 Å². The van der Waals surface area contributed by atoms with E-state index in [2.05, 4.69) is 22.1 Å². The molecule has 0 unspecified atom stereocenters. The molecule has 0 radical (unpaired) electrons. The van der Waals surface area contributed by atoms with Crippen molar-refractivity contribution in [3.8, 4) is 11.6 Å². The number of carbonyl (C=O) groups is 2. The van der Waals surface area contributed by atoms with Crippen LogP contribution in [0.1, 0.15) is 18.9 Å². The lowest BCUT2D eigenvalue weighted by molar-refractivity contribution is -0.132. The highest BCUT2D eigenvalue weighted by Gasteiger charge is 2.20. The summed E-state index contributed by atoms with van der Waals surface area (Å²) < 4.78 is 7.28. The SMILES string of the molecule is C=CCn1c(SCC(=O)N(CCC)CC(=O)Nc2ccccc2C)nnc1-c1ccco1. The second kappa shape index (κ2) is 11.3. The maximum Gasteiger partial charge on any atom is 0.244 e. The van der Waals surface area contributed by atoms with Crippen LogP contribution in [0.5, 0.6) is 0 Å². The van der Waals surface area contributed by atoms with Gasteiger partial charge in [0.25, 0.3) is 0 Å². The van der Waals surface area contributed by atoms with Gasteiger partial charge < -0.3 is 14.6 Å². The number of furan rings is 1. The van der Waals surface area contributed by atoms with E-state index >= 15 is 0 Å². The first-order chi connectivity index (χ1) is 15.5. The van der Waals surface area contributed by atoms with E-state index in [-0.39, 0.29) is 24.1 Å². The fraction of sp³-hybridized carbons (Fsp3) is 0.304. The van der Waals surface area contributed by atoms with Gasteiger partial charge >= 0.3 is 0 Å². The van der Waals surface area contributed by atoms with Crippen LogP contribution in [0.25, 0.3) is 11.6 Å². The number of nitrogens with one attached hydrogen (secondary N) is 1. The van der Waals surface area contributed by atoms with Gasteiger partial charge in [0.1, 0.15) is 0 Å². The average molecular weight is 454 g/mol. The topological polar surface area (TPSA) is 93.3 Å². The van der Waals surface area contributed by atoms with Gasteiger partial charge in [-0.05, 0) is 37.1 Å². The van der Waals surface area contributed by atoms with Crippen molar-refractivity contribution in [3.05, 3.63) is 60.9 Å². The molecule has 0 bridgehead atoms. The van der Waals surface area contributed by atoms with Crippen LogP contribution in [0.3, 0.4) is 0 Å². The minimum Gasteiger partial charge on any atom is -0.461 e. The van der Waals surface area contributed by atoms with E-state index in [1.165, 1.54) is 11.8 Å². The maximum atomic E-state index is 12.9. The molecule has 168 valence electrons. The van der Waals surface area contributed by atoms with Crippen molar-refractivity contribution in [2.45, 2.75) is 32.0 Å². The van der Waals surface area contributed by atoms with Gasteiger partial charge in [0.05, 0.1) is 18.6 Å². The molecule has 1 N–H and O–H groups in total. The zero-order valence-corrected chi connectivity index (χ0v) is 19.1. The van der Waals surface area contributed by atoms with Crippen LogP contribution in [0.15, 0.2) is 64.9 Å². The minimum atomic E-state index is -0.221. The van der Waals surface area contributed by atoms with Crippen LogP contribution in [-0.4, -0.2) is 50.3 Å². The standard InChI is InChI=1S/C23H27N5O3S/c1-4-12-27(15-20(29)24-18-10-7-6-9-17(18)3)21(30)16-32-23-26-25-22(28(23)13-5-2)19-11-8-14-31-19/h5-11,14H,2,4,12-13,15-16H2,1,3H3,(H,24,29). The second-order valence-corrected chi connectivity index (χ2v) is 8.09. The number of nitrogens with zero attached hydrogens (tertiary/aromatic N) is 4. The summed E-state index contributed by atoms with van der Waals surface area (Å²) in [7, 11) is 0. The Hall–Kier alpha value is -3.33. The van der Waals surface area contributed by atoms with Crippen LogP contribution in [0.2, 0.25) is 0 Å². The van der Waals surface area contributed by atoms with E-state index in [0.29, 0.717) is 29.8 Å². The Kier molecular flexibility index (Phi) is 8.27. The molecule has 3 aromatic rings. The normalized spacial score (nSPS) is 10.7. The molecule has 0 aliphatic carbocycles. The third kappa shape index (κ3) is 5.88. The fourth-order valence-corrected chi connectivity index (χ4v) is 3.98. The third-order valence-electron chi connectivity index (χ3n) is 4.69. The highest BCUT2D eigenvalue weighted by Crippen LogP contribution is 2.24. The lowest BCUT2D eigenvalue weighted by atomic mass is 10.2. The summed E-state index contributed by atoms with van der Waals surface area (Å²) in [6.45, 7) is 8.67. The summed E-state index contributed by atoms with van der Waals surface area (Å²) >= 11 is 1.28. The molecule has 0 spiro atoms. The van der Waals surface area contributed by atoms with E-state index in [0.717, 1.165) is 17.7 Å². The molecule has 2 aromatic heterocycles. The van der Waals surface area contributed by atoms with Crippen LogP contribution < -0.4 is 5.32 Å². The number of allylic oxidation sites excluding steroid dienone is 1. The Morgan fingerprint density at radius 2 is 2.06 bits per heavy atom. The summed E-state index contributed by atoms with van der Waals surface area (Å²) in [5.74, 6) is 0.960. The monoisotopic (exact) mass is 453 g/mol. The van der Waals surface area contributed by atoms with Crippen molar-refractivity contribution >= 4 is 29.3 Å². The van der Waals surface area contributed by atoms with Crippen molar-refractivity contribution in [2.75, 3.05) is 24.2 Å². The first-order valence-electron chi connectivity index (χ1n) is 10.4. The summed E-state index contributed by atoms with van der Waals surface area (Å²) in [5, 5.41) is 11.9. The summed E-state index contributed by atoms with van der Waals surface area (Å²) in [5.41, 5.74) is 1.72. The van der Waals surface area contributed by atoms with Gasteiger partial charge in [0.15, 0.2) is 10.9 Å². The summed E-state index contributed by atoms with van der Waals surface area (Å²) in [6, 6.07) is 11.1. The molecular formula is C23H27N5O3S. The van der Waals surface area contributed by atoms with Gasteiger partial charge in [-0.3, -0.25) is 14.2 Å². The van der Waals surface area contributed by atoms with E-state index in [1.54, 1.807) is 29.4 Å². The summed E-state index contributed by atoms with van der Waals surface area (Å²) in [4.78, 5) is 27.0. The number of benzene rings is 1. The van der Waals surface area contributed by atoms with Crippen LogP contribution in [0, 0.1) is 6.92 Å². The average Bonchev–Trinajstić information content (AvgIpc) is 3.44. The molecule has 0 saturated carbocycles. The Bertz CT molecular complexity index is 1060. The molecule has 2 heterocycles. The maximum absolute atomic E-state index is 12.9. The number of para-hydroxylation sites is 1. The number of thioether (sulfide) groups is 1. The lowest BCUT2D eigenvalue weighted by Gasteiger charge is -2.21. The number of rotatable bonds is 11. The molecule has 0 atom stereocenters. The van der Waals surface area contributed by atoms with Gasteiger partial charge in [-0.25, -0.2) is 0 Å². The highest BCUT2D eigenvalue weighted by molar-refractivity contribution is 7.99. The summed E-state index contributed by atoms with van der Waals surface area (Å²) in [6.07, 6.45) is 4.06. The molecule has 0 fully saturated rings. The van der Waals surface area contributed by atoms with Crippen molar-refractivity contribution in [1.29, 1.82) is 0 Å². The Morgan fingerprint density at radius 1 is 1.25 bits per heavy atom. The van der Waals surface area contributed by atoms with Crippen molar-refractivity contribution in [3.63, 3.8) is 0 Å². The number of aryl methyl sites for hydroxylation is 1. The van der Waals surface area contributed by atoms with Gasteiger partial charge in [-0.1, -0.05) is 43.0 Å². The van der Waals surface area contributed by atoms with Crippen LogP contribution >= 0.6 is 11.8 Å². The largest absolute Gasteiger partial charge is 0.461 e. The van der Waals surface area contributed by atoms with E-state index in [4.69, 9.17) is 4.42 Å². The predicted molar refractivity (Wildman–Crippen MR) is 125 cm³/mol. The van der Waals surface area contributed by atoms with Crippen LogP contribution in [0.4, 0.5) is 5.69 Å². The van der Waals surface area contributed by atoms with Gasteiger partial charge in [-0.2, -0.15) is 0 Å². The highest BCUT2D eigenvalue weighted by atomic mass is 32.2. The lowest BCUT2D eigenvalue weighted by Crippen LogP contribution is -2.39. The first kappa shape index (κ1) is 23.3. The zero-order valence-electron chi connectivity index (χ0n) is 18.3. The van der Waals surface area contributed by atoms with E-state index in [9.17, 15) is 9.59 Å². The number of carbonyl (C=O) groups excluding carboxylic acids is 2. The van der Waals surface area contributed by atoms with Crippen molar-refractivity contribution < 1.29 is 14.0 Å². The van der Waals surface area contributed by atoms with E-state index in [1.807, 2.05) is 42.7 Å². The van der Waals surface area contributed by atoms with Crippen molar-refractivity contribution in [1.82, 2.24) is 19.7 Å². The second-order valence-electron chi connectivity index (χ2n) is 7.15. The molecule has 0 aliphatic rings. The zero-order chi connectivity index (χ0) is 22.9. The number of hydrogen-bond acceptors (Lipinski definition) is 6. The van der Waals surface area contributed by atoms with E-state index < -0.39 is 0 Å². The Balaban J connectivity index is 1.64. The molecule has 3 rings (SSSR count). The van der Waals surface area contributed by atoms with Gasteiger partial charge in [-0.15, -0.1) is 16.8 Å². The first-order valence-corrected chi connectivity index (χ1v) is 11.4. The number of amides is 2. The molecule has 0 saturated heterocycles. The Labute approximate surface area is 191 Å². The van der Waals surface area contributed by atoms with Gasteiger partial charge in [0, 0.05) is 18.8 Å². The molecule has 8 nitrogen and oxygen atoms in total. The van der Waals surface area contributed by atoms with Gasteiger partial charge in [0.2, 0.25) is 17.6 Å². The quantitative estimate of drug-likeness (QED) is 0.348. The third-order valence-corrected chi connectivity index (χ3v) is 5.65. The number of aromatic nitrogens is 3. The van der Waals surface area contributed by atoms with Crippen LogP contribution in [-0.2, 0) is 16.1 Å². The molecule has 1 aromatic carbocycles. The molecule has 32 heavy (non-hydrogen) atoms. The molecule has 2 amide bonds. The fourth-order valence-electron chi connectivity index (χ4n) is 3.13.